The minimum absolute atomic E-state index is 0.0242. The lowest BCUT2D eigenvalue weighted by molar-refractivity contribution is -0.103. The van der Waals surface area contributed by atoms with Crippen LogP contribution in [0.3, 0.4) is 0 Å². The largest absolute Gasteiger partial charge is 0.393 e. The number of carbonyl (C=O) groups is 1. The first-order valence-electron chi connectivity index (χ1n) is 5.17. The first-order valence-corrected chi connectivity index (χ1v) is 8.00. The summed E-state index contributed by atoms with van der Waals surface area (Å²) in [5.41, 5.74) is -0.0242. The van der Waals surface area contributed by atoms with Crippen molar-refractivity contribution in [2.75, 3.05) is 12.0 Å². The third-order valence-corrected chi connectivity index (χ3v) is 4.27. The first-order chi connectivity index (χ1) is 8.27. The van der Waals surface area contributed by atoms with E-state index < -0.39 is 16.1 Å². The fraction of sp³-hybridized carbons (Fsp3) is 0.667. The Bertz CT molecular complexity index is 472. The van der Waals surface area contributed by atoms with Crippen LogP contribution >= 0.6 is 11.8 Å². The lowest BCUT2D eigenvalue weighted by atomic mass is 10.2. The molecule has 1 aliphatic heterocycles. The highest BCUT2D eigenvalue weighted by Gasteiger charge is 2.39. The van der Waals surface area contributed by atoms with Gasteiger partial charge in [-0.15, -0.1) is 0 Å². The van der Waals surface area contributed by atoms with Gasteiger partial charge in [0.05, 0.1) is 6.26 Å². The molecule has 1 N–H and O–H groups in total. The highest BCUT2D eigenvalue weighted by atomic mass is 32.2. The molecular weight excluding hydrogens is 278 g/mol. The summed E-state index contributed by atoms with van der Waals surface area (Å²) in [6.07, 6.45) is 1.25. The molecule has 1 aliphatic rings. The predicted molar refractivity (Wildman–Crippen MR) is 70.4 cm³/mol. The molecule has 0 aromatic heterocycles. The Morgan fingerprint density at radius 2 is 2.28 bits per heavy atom. The summed E-state index contributed by atoms with van der Waals surface area (Å²) >= 11 is 1.05. The van der Waals surface area contributed by atoms with Crippen LogP contribution in [0.5, 0.6) is 0 Å². The topological polar surface area (TPSA) is 99.9 Å². The van der Waals surface area contributed by atoms with Crippen molar-refractivity contribution in [3.63, 3.8) is 0 Å². The highest BCUT2D eigenvalue weighted by molar-refractivity contribution is 8.15. The summed E-state index contributed by atoms with van der Waals surface area (Å²) in [6, 6.07) is -0.770. The molecule has 1 saturated heterocycles. The van der Waals surface area contributed by atoms with Gasteiger partial charge in [-0.25, -0.2) is 12.7 Å². The van der Waals surface area contributed by atoms with Crippen molar-refractivity contribution in [1.29, 1.82) is 5.41 Å². The van der Waals surface area contributed by atoms with Gasteiger partial charge in [-0.05, 0) is 13.8 Å². The van der Waals surface area contributed by atoms with Crippen molar-refractivity contribution >= 4 is 39.0 Å². The van der Waals surface area contributed by atoms with Crippen LogP contribution in [0.1, 0.15) is 13.8 Å². The number of thioether (sulfide) groups is 1. The molecule has 0 aromatic carbocycles. The van der Waals surface area contributed by atoms with Crippen molar-refractivity contribution in [1.82, 2.24) is 4.31 Å². The molecular formula is C9H15N3O4S2. The molecule has 0 aromatic rings. The Morgan fingerprint density at radius 3 is 2.72 bits per heavy atom. The molecule has 0 saturated carbocycles. The van der Waals surface area contributed by atoms with E-state index in [4.69, 9.17) is 10.2 Å². The molecule has 102 valence electrons. The summed E-state index contributed by atoms with van der Waals surface area (Å²) in [5, 5.41) is 11.1. The van der Waals surface area contributed by atoms with Crippen LogP contribution < -0.4 is 0 Å². The maximum atomic E-state index is 11.6. The number of rotatable bonds is 5. The van der Waals surface area contributed by atoms with E-state index in [2.05, 4.69) is 5.16 Å². The second kappa shape index (κ2) is 5.70. The molecule has 0 amide bonds. The summed E-state index contributed by atoms with van der Waals surface area (Å²) in [4.78, 5) is 15.9. The smallest absolute Gasteiger partial charge is 0.234 e. The highest BCUT2D eigenvalue weighted by Crippen LogP contribution is 2.26. The molecule has 0 aliphatic carbocycles. The Morgan fingerprint density at radius 1 is 1.67 bits per heavy atom. The lowest BCUT2D eigenvalue weighted by Crippen LogP contribution is -2.43. The van der Waals surface area contributed by atoms with E-state index in [9.17, 15) is 13.2 Å². The standard InChI is InChI=1S/C9H15N3O4S2/c1-6(2)16-11-7(4-13)8-5-17-9(10)12(8)18(3,14)15/h4,6,8,10H,5H2,1-3H3. The van der Waals surface area contributed by atoms with Gasteiger partial charge in [0.1, 0.15) is 17.9 Å². The van der Waals surface area contributed by atoms with E-state index in [-0.39, 0.29) is 22.7 Å². The number of nitrogens with one attached hydrogen (secondary N) is 1. The zero-order chi connectivity index (χ0) is 13.9. The summed E-state index contributed by atoms with van der Waals surface area (Å²) in [5.74, 6) is 0.283. The molecule has 9 heteroatoms. The Kier molecular flexibility index (Phi) is 4.74. The van der Waals surface area contributed by atoms with E-state index in [0.29, 0.717) is 6.29 Å². The van der Waals surface area contributed by atoms with Gasteiger partial charge in [0.2, 0.25) is 10.0 Å². The Balaban J connectivity index is 3.02. The molecule has 1 atom stereocenters. The van der Waals surface area contributed by atoms with Crippen LogP contribution in [0, 0.1) is 5.41 Å². The summed E-state index contributed by atoms with van der Waals surface area (Å²) in [7, 11) is -3.60. The van der Waals surface area contributed by atoms with Crippen LogP contribution in [-0.2, 0) is 19.7 Å². The number of amidine groups is 1. The second-order valence-corrected chi connectivity index (χ2v) is 6.85. The van der Waals surface area contributed by atoms with Crippen LogP contribution in [0.4, 0.5) is 0 Å². The van der Waals surface area contributed by atoms with Crippen molar-refractivity contribution in [3.8, 4) is 0 Å². The van der Waals surface area contributed by atoms with Gasteiger partial charge in [-0.3, -0.25) is 10.2 Å². The van der Waals surface area contributed by atoms with Crippen molar-refractivity contribution in [2.45, 2.75) is 26.0 Å². The molecule has 1 rings (SSSR count). The number of aldehydes is 1. The van der Waals surface area contributed by atoms with Crippen LogP contribution in [-0.4, -0.2) is 54.0 Å². The van der Waals surface area contributed by atoms with Crippen molar-refractivity contribution in [3.05, 3.63) is 0 Å². The third-order valence-electron chi connectivity index (χ3n) is 2.05. The number of oxime groups is 1. The first kappa shape index (κ1) is 15.0. The summed E-state index contributed by atoms with van der Waals surface area (Å²) < 4.78 is 24.0. The van der Waals surface area contributed by atoms with Crippen LogP contribution in [0.25, 0.3) is 0 Å². The number of sulfonamides is 1. The zero-order valence-electron chi connectivity index (χ0n) is 10.3. The van der Waals surface area contributed by atoms with Gasteiger partial charge in [-0.2, -0.15) is 0 Å². The van der Waals surface area contributed by atoms with Gasteiger partial charge >= 0.3 is 0 Å². The molecule has 0 bridgehead atoms. The molecule has 1 unspecified atom stereocenters. The molecule has 18 heavy (non-hydrogen) atoms. The molecule has 0 spiro atoms. The van der Waals surface area contributed by atoms with Gasteiger partial charge in [-0.1, -0.05) is 16.9 Å². The van der Waals surface area contributed by atoms with E-state index in [1.54, 1.807) is 13.8 Å². The van der Waals surface area contributed by atoms with Crippen LogP contribution in [0.2, 0.25) is 0 Å². The number of nitrogens with zero attached hydrogens (tertiary/aromatic N) is 2. The third kappa shape index (κ3) is 3.45. The average Bonchev–Trinajstić information content (AvgIpc) is 2.60. The van der Waals surface area contributed by atoms with Crippen molar-refractivity contribution in [2.24, 2.45) is 5.16 Å². The van der Waals surface area contributed by atoms with Gasteiger partial charge in [0, 0.05) is 5.75 Å². The minimum Gasteiger partial charge on any atom is -0.393 e. The van der Waals surface area contributed by atoms with E-state index >= 15 is 0 Å². The minimum atomic E-state index is -3.60. The quantitative estimate of drug-likeness (QED) is 0.446. The molecule has 7 nitrogen and oxygen atoms in total. The maximum absolute atomic E-state index is 11.6. The van der Waals surface area contributed by atoms with Gasteiger partial charge in [0.15, 0.2) is 11.5 Å². The second-order valence-electron chi connectivity index (χ2n) is 3.98. The maximum Gasteiger partial charge on any atom is 0.234 e. The summed E-state index contributed by atoms with van der Waals surface area (Å²) in [6.45, 7) is 3.48. The fourth-order valence-corrected chi connectivity index (χ4v) is 3.84. The monoisotopic (exact) mass is 293 g/mol. The number of hydrogen-bond acceptors (Lipinski definition) is 7. The normalized spacial score (nSPS) is 21.6. The van der Waals surface area contributed by atoms with Gasteiger partial charge in [0.25, 0.3) is 0 Å². The van der Waals surface area contributed by atoms with E-state index in [1.165, 1.54) is 0 Å². The molecule has 1 fully saturated rings. The fourth-order valence-electron chi connectivity index (χ4n) is 1.35. The van der Waals surface area contributed by atoms with Crippen molar-refractivity contribution < 1.29 is 18.0 Å². The van der Waals surface area contributed by atoms with Crippen LogP contribution in [0.15, 0.2) is 5.16 Å². The van der Waals surface area contributed by atoms with E-state index in [0.717, 1.165) is 22.3 Å². The predicted octanol–water partition coefficient (Wildman–Crippen LogP) is 0.278. The zero-order valence-corrected chi connectivity index (χ0v) is 11.9. The molecule has 0 radical (unpaired) electrons. The molecule has 1 heterocycles. The lowest BCUT2D eigenvalue weighted by Gasteiger charge is -2.21. The SMILES string of the molecule is CC(C)ON=C(C=O)C1CSC(=N)N1S(C)(=O)=O. The average molecular weight is 293 g/mol. The Labute approximate surface area is 110 Å². The number of hydrogen-bond donors (Lipinski definition) is 1. The van der Waals surface area contributed by atoms with Gasteiger partial charge < -0.3 is 4.84 Å². The van der Waals surface area contributed by atoms with E-state index in [1.807, 2.05) is 0 Å². The number of carbonyl (C=O) groups excluding carboxylic acids is 1. The Hall–Kier alpha value is -1.09.